The molecule has 2 heterocycles. The summed E-state index contributed by atoms with van der Waals surface area (Å²) in [4.78, 5) is 29.6. The number of hydrogen-bond donors (Lipinski definition) is 1. The van der Waals surface area contributed by atoms with Gasteiger partial charge >= 0.3 is 0 Å². The molecule has 2 amide bonds. The molecule has 3 unspecified atom stereocenters. The first-order valence-corrected chi connectivity index (χ1v) is 11.9. The Morgan fingerprint density at radius 3 is 2.30 bits per heavy atom. The molecule has 1 aromatic rings. The number of carbonyl (C=O) groups excluding carboxylic acids is 2. The zero-order valence-corrected chi connectivity index (χ0v) is 19.4. The largest absolute Gasteiger partial charge is 0.373 e. The molecule has 3 atom stereocenters. The van der Waals surface area contributed by atoms with Crippen molar-refractivity contribution in [3.05, 3.63) is 24.3 Å². The number of ether oxygens (including phenoxy) is 1. The smallest absolute Gasteiger partial charge is 0.235 e. The predicted molar refractivity (Wildman–Crippen MR) is 122 cm³/mol. The van der Waals surface area contributed by atoms with E-state index in [9.17, 15) is 9.59 Å². The van der Waals surface area contributed by atoms with Gasteiger partial charge in [0.15, 0.2) is 0 Å². The van der Waals surface area contributed by atoms with Crippen molar-refractivity contribution in [1.29, 1.82) is 0 Å². The molecule has 2 saturated heterocycles. The van der Waals surface area contributed by atoms with Crippen molar-refractivity contribution in [2.24, 2.45) is 5.92 Å². The molecule has 3 rings (SSSR count). The van der Waals surface area contributed by atoms with Gasteiger partial charge in [-0.3, -0.25) is 14.5 Å². The van der Waals surface area contributed by atoms with Crippen molar-refractivity contribution in [2.45, 2.75) is 62.9 Å². The van der Waals surface area contributed by atoms with Gasteiger partial charge in [0, 0.05) is 50.2 Å². The SMILES string of the molecule is CC(=O)Nc1ccc(SC(C)C(=O)N2CCC(CN3CC(C)OC(C)C3)CC2)cc1. The summed E-state index contributed by atoms with van der Waals surface area (Å²) in [5.74, 6) is 0.800. The number of hydrogen-bond acceptors (Lipinski definition) is 5. The molecule has 7 heteroatoms. The maximum absolute atomic E-state index is 12.9. The van der Waals surface area contributed by atoms with E-state index in [4.69, 9.17) is 4.74 Å². The number of rotatable bonds is 6. The van der Waals surface area contributed by atoms with Crippen molar-refractivity contribution >= 4 is 29.3 Å². The van der Waals surface area contributed by atoms with Gasteiger partial charge in [0.25, 0.3) is 0 Å². The second kappa shape index (κ2) is 10.6. The molecule has 0 saturated carbocycles. The van der Waals surface area contributed by atoms with Crippen molar-refractivity contribution in [1.82, 2.24) is 9.80 Å². The third-order valence-corrected chi connectivity index (χ3v) is 6.87. The van der Waals surface area contributed by atoms with E-state index < -0.39 is 0 Å². The first kappa shape index (κ1) is 23.1. The fourth-order valence-corrected chi connectivity index (χ4v) is 5.42. The van der Waals surface area contributed by atoms with Gasteiger partial charge in [-0.2, -0.15) is 0 Å². The van der Waals surface area contributed by atoms with Gasteiger partial charge in [0.1, 0.15) is 0 Å². The van der Waals surface area contributed by atoms with Crippen molar-refractivity contribution in [2.75, 3.05) is 38.0 Å². The average molecular weight is 434 g/mol. The van der Waals surface area contributed by atoms with Crippen LogP contribution in [0.1, 0.15) is 40.5 Å². The van der Waals surface area contributed by atoms with E-state index in [1.54, 1.807) is 11.8 Å². The molecular weight excluding hydrogens is 398 g/mol. The summed E-state index contributed by atoms with van der Waals surface area (Å²) in [6.07, 6.45) is 2.77. The highest BCUT2D eigenvalue weighted by Crippen LogP contribution is 2.28. The van der Waals surface area contributed by atoms with Crippen LogP contribution in [0.4, 0.5) is 5.69 Å². The average Bonchev–Trinajstić information content (AvgIpc) is 2.68. The molecule has 0 bridgehead atoms. The van der Waals surface area contributed by atoms with Crippen LogP contribution in [0.25, 0.3) is 0 Å². The highest BCUT2D eigenvalue weighted by Gasteiger charge is 2.29. The van der Waals surface area contributed by atoms with Crippen molar-refractivity contribution in [3.8, 4) is 0 Å². The molecule has 0 aromatic heterocycles. The van der Waals surface area contributed by atoms with Gasteiger partial charge in [-0.15, -0.1) is 11.8 Å². The molecule has 1 aromatic carbocycles. The lowest BCUT2D eigenvalue weighted by Crippen LogP contribution is -2.49. The second-order valence-electron chi connectivity index (χ2n) is 8.71. The first-order chi connectivity index (χ1) is 14.3. The number of thioether (sulfide) groups is 1. The number of benzene rings is 1. The number of morpholine rings is 1. The Labute approximate surface area is 184 Å². The summed E-state index contributed by atoms with van der Waals surface area (Å²) in [5, 5.41) is 2.65. The topological polar surface area (TPSA) is 61.9 Å². The Balaban J connectivity index is 1.43. The zero-order chi connectivity index (χ0) is 21.7. The number of nitrogens with one attached hydrogen (secondary N) is 1. The van der Waals surface area contributed by atoms with Gasteiger partial charge in [-0.1, -0.05) is 0 Å². The molecule has 6 nitrogen and oxygen atoms in total. The van der Waals surface area contributed by atoms with Crippen LogP contribution < -0.4 is 5.32 Å². The van der Waals surface area contributed by atoms with Gasteiger partial charge in [-0.25, -0.2) is 0 Å². The molecule has 1 N–H and O–H groups in total. The van der Waals surface area contributed by atoms with Crippen LogP contribution in [0, 0.1) is 5.92 Å². The predicted octanol–water partition coefficient (Wildman–Crippen LogP) is 3.47. The van der Waals surface area contributed by atoms with Crippen LogP contribution in [-0.2, 0) is 14.3 Å². The third kappa shape index (κ3) is 6.72. The maximum Gasteiger partial charge on any atom is 0.235 e. The summed E-state index contributed by atoms with van der Waals surface area (Å²) < 4.78 is 5.84. The summed E-state index contributed by atoms with van der Waals surface area (Å²) in [6, 6.07) is 7.66. The highest BCUT2D eigenvalue weighted by molar-refractivity contribution is 8.00. The van der Waals surface area contributed by atoms with Gasteiger partial charge < -0.3 is 15.0 Å². The minimum atomic E-state index is -0.117. The Hall–Kier alpha value is -1.57. The van der Waals surface area contributed by atoms with E-state index in [0.717, 1.165) is 56.1 Å². The number of piperidine rings is 1. The summed E-state index contributed by atoms with van der Waals surface area (Å²) in [6.45, 7) is 12.6. The van der Waals surface area contributed by atoms with E-state index in [1.165, 1.54) is 6.92 Å². The Morgan fingerprint density at radius 2 is 1.73 bits per heavy atom. The molecular formula is C23H35N3O3S. The number of anilines is 1. The van der Waals surface area contributed by atoms with Gasteiger partial charge in [0.05, 0.1) is 17.5 Å². The van der Waals surface area contributed by atoms with Crippen LogP contribution >= 0.6 is 11.8 Å². The fraction of sp³-hybridized carbons (Fsp3) is 0.652. The maximum atomic E-state index is 12.9. The lowest BCUT2D eigenvalue weighted by molar-refractivity contribution is -0.132. The molecule has 2 aliphatic heterocycles. The van der Waals surface area contributed by atoms with E-state index in [-0.39, 0.29) is 17.1 Å². The summed E-state index contributed by atoms with van der Waals surface area (Å²) >= 11 is 1.58. The Bertz CT molecular complexity index is 709. The van der Waals surface area contributed by atoms with Gasteiger partial charge in [0.2, 0.25) is 11.8 Å². The number of nitrogens with zero attached hydrogens (tertiary/aromatic N) is 2. The van der Waals surface area contributed by atoms with Gasteiger partial charge in [-0.05, 0) is 63.8 Å². The van der Waals surface area contributed by atoms with Crippen molar-refractivity contribution in [3.63, 3.8) is 0 Å². The van der Waals surface area contributed by atoms with Crippen LogP contribution in [0.5, 0.6) is 0 Å². The van der Waals surface area contributed by atoms with E-state index in [2.05, 4.69) is 24.1 Å². The highest BCUT2D eigenvalue weighted by atomic mass is 32.2. The third-order valence-electron chi connectivity index (χ3n) is 5.77. The lowest BCUT2D eigenvalue weighted by atomic mass is 9.95. The monoisotopic (exact) mass is 433 g/mol. The van der Waals surface area contributed by atoms with E-state index in [0.29, 0.717) is 18.1 Å². The van der Waals surface area contributed by atoms with E-state index in [1.807, 2.05) is 36.1 Å². The fourth-order valence-electron chi connectivity index (χ4n) is 4.47. The molecule has 2 fully saturated rings. The normalized spacial score (nSPS) is 24.5. The standard InChI is InChI=1S/C23H35N3O3S/c1-16-13-25(14-17(2)29-16)15-20-9-11-26(12-10-20)23(28)18(3)30-22-7-5-21(6-8-22)24-19(4)27/h5-8,16-18,20H,9-15H2,1-4H3,(H,24,27). The molecule has 0 aliphatic carbocycles. The van der Waals surface area contributed by atoms with E-state index >= 15 is 0 Å². The molecule has 0 radical (unpaired) electrons. The number of likely N-dealkylation sites (tertiary alicyclic amines) is 1. The first-order valence-electron chi connectivity index (χ1n) is 11.0. The lowest BCUT2D eigenvalue weighted by Gasteiger charge is -2.39. The minimum absolute atomic E-state index is 0.0833. The molecule has 0 spiro atoms. The Kier molecular flexibility index (Phi) is 8.20. The van der Waals surface area contributed by atoms with Crippen molar-refractivity contribution < 1.29 is 14.3 Å². The zero-order valence-electron chi connectivity index (χ0n) is 18.6. The number of carbonyl (C=O) groups is 2. The molecule has 166 valence electrons. The molecule has 2 aliphatic rings. The summed E-state index contributed by atoms with van der Waals surface area (Å²) in [5.41, 5.74) is 0.775. The van der Waals surface area contributed by atoms with Crippen LogP contribution in [0.2, 0.25) is 0 Å². The number of amides is 2. The quantitative estimate of drug-likeness (QED) is 0.696. The minimum Gasteiger partial charge on any atom is -0.373 e. The van der Waals surface area contributed by atoms with Crippen LogP contribution in [-0.4, -0.2) is 71.8 Å². The van der Waals surface area contributed by atoms with Crippen LogP contribution in [0.3, 0.4) is 0 Å². The second-order valence-corrected chi connectivity index (χ2v) is 10.1. The molecule has 30 heavy (non-hydrogen) atoms. The van der Waals surface area contributed by atoms with Crippen LogP contribution in [0.15, 0.2) is 29.2 Å². The Morgan fingerprint density at radius 1 is 1.13 bits per heavy atom. The summed E-state index contributed by atoms with van der Waals surface area (Å²) in [7, 11) is 0.